The molecule has 2 N–H and O–H groups in total. The van der Waals surface area contributed by atoms with E-state index in [0.29, 0.717) is 12.6 Å². The lowest BCUT2D eigenvalue weighted by atomic mass is 9.78. The van der Waals surface area contributed by atoms with Crippen LogP contribution < -0.4 is 10.7 Å². The van der Waals surface area contributed by atoms with Gasteiger partial charge in [-0.15, -0.1) is 0 Å². The van der Waals surface area contributed by atoms with Gasteiger partial charge in [-0.1, -0.05) is 0 Å². The Hall–Kier alpha value is -1.99. The summed E-state index contributed by atoms with van der Waals surface area (Å²) in [6.07, 6.45) is 7.86. The van der Waals surface area contributed by atoms with Gasteiger partial charge in [-0.05, 0) is 56.7 Å². The molecule has 1 aromatic rings. The number of aromatic nitrogens is 1. The fourth-order valence-electron chi connectivity index (χ4n) is 4.97. The summed E-state index contributed by atoms with van der Waals surface area (Å²) in [6, 6.07) is 4.40. The zero-order valence-electron chi connectivity index (χ0n) is 15.9. The van der Waals surface area contributed by atoms with Crippen molar-refractivity contribution in [2.45, 2.75) is 57.2 Å². The molecule has 2 aliphatic heterocycles. The van der Waals surface area contributed by atoms with Gasteiger partial charge in [0.1, 0.15) is 6.04 Å². The van der Waals surface area contributed by atoms with Gasteiger partial charge in [0.2, 0.25) is 11.8 Å². The molecule has 0 spiro atoms. The highest BCUT2D eigenvalue weighted by atomic mass is 16.2. The second-order valence-corrected chi connectivity index (χ2v) is 7.79. The molecular weight excluding hydrogens is 342 g/mol. The van der Waals surface area contributed by atoms with Crippen LogP contribution in [0.4, 0.5) is 0 Å². The van der Waals surface area contributed by atoms with Gasteiger partial charge in [0, 0.05) is 50.0 Å². The molecule has 3 heterocycles. The molecule has 3 fully saturated rings. The maximum absolute atomic E-state index is 12.8. The van der Waals surface area contributed by atoms with Crippen LogP contribution in [0.15, 0.2) is 24.5 Å². The van der Waals surface area contributed by atoms with Gasteiger partial charge < -0.3 is 10.2 Å². The van der Waals surface area contributed by atoms with Crippen molar-refractivity contribution in [1.29, 1.82) is 0 Å². The average molecular weight is 371 g/mol. The molecule has 3 aliphatic rings. The third-order valence-corrected chi connectivity index (χ3v) is 6.33. The zero-order valence-corrected chi connectivity index (χ0v) is 15.9. The maximum Gasteiger partial charge on any atom is 0.241 e. The summed E-state index contributed by atoms with van der Waals surface area (Å²) in [5.41, 5.74) is 4.59. The van der Waals surface area contributed by atoms with E-state index in [1.165, 1.54) is 5.56 Å². The Kier molecular flexibility index (Phi) is 5.41. The first-order chi connectivity index (χ1) is 13.2. The number of pyridine rings is 1. The Balaban J connectivity index is 1.36. The lowest BCUT2D eigenvalue weighted by Crippen LogP contribution is -2.68. The Morgan fingerprint density at radius 3 is 2.85 bits per heavy atom. The van der Waals surface area contributed by atoms with Crippen LogP contribution in [0.25, 0.3) is 0 Å². The highest BCUT2D eigenvalue weighted by molar-refractivity contribution is 5.84. The van der Waals surface area contributed by atoms with Crippen LogP contribution in [0.1, 0.15) is 38.2 Å². The van der Waals surface area contributed by atoms with E-state index in [2.05, 4.69) is 20.7 Å². The SMILES string of the molecule is CCN1C(=O)C2CCNN2C2CCC(C(=O)NCCc3ccncc3)CC21. The Bertz CT molecular complexity index is 682. The summed E-state index contributed by atoms with van der Waals surface area (Å²) in [5.74, 6) is 0.342. The standard InChI is InChI=1S/C20H29N5O2/c1-2-24-18-13-15(19(26)22-11-7-14-5-9-21-10-6-14)3-4-16(18)25-17(20(24)27)8-12-23-25/h5-6,9-10,15-18,23H,2-4,7-8,11-13H2,1H3,(H,22,26). The topological polar surface area (TPSA) is 77.6 Å². The molecule has 4 rings (SSSR count). The number of carbonyl (C=O) groups is 2. The fraction of sp³-hybridized carbons (Fsp3) is 0.650. The predicted molar refractivity (Wildman–Crippen MR) is 102 cm³/mol. The molecule has 0 aromatic carbocycles. The van der Waals surface area contributed by atoms with E-state index in [0.717, 1.165) is 45.2 Å². The van der Waals surface area contributed by atoms with Gasteiger partial charge in [0.05, 0.1) is 0 Å². The van der Waals surface area contributed by atoms with Gasteiger partial charge in [0.15, 0.2) is 0 Å². The highest BCUT2D eigenvalue weighted by Gasteiger charge is 2.50. The Labute approximate surface area is 160 Å². The number of hydrazine groups is 1. The van der Waals surface area contributed by atoms with E-state index in [9.17, 15) is 9.59 Å². The van der Waals surface area contributed by atoms with Crippen LogP contribution in [-0.2, 0) is 16.0 Å². The van der Waals surface area contributed by atoms with Crippen LogP contribution in [0, 0.1) is 5.92 Å². The normalized spacial score (nSPS) is 30.7. The summed E-state index contributed by atoms with van der Waals surface area (Å²) in [4.78, 5) is 31.6. The van der Waals surface area contributed by atoms with Crippen molar-refractivity contribution in [3.05, 3.63) is 30.1 Å². The monoisotopic (exact) mass is 371 g/mol. The van der Waals surface area contributed by atoms with E-state index < -0.39 is 0 Å². The highest BCUT2D eigenvalue weighted by Crippen LogP contribution is 2.37. The molecule has 2 amide bonds. The molecule has 2 saturated heterocycles. The molecule has 7 heteroatoms. The van der Waals surface area contributed by atoms with Crippen molar-refractivity contribution in [2.24, 2.45) is 5.92 Å². The predicted octanol–water partition coefficient (Wildman–Crippen LogP) is 0.719. The largest absolute Gasteiger partial charge is 0.356 e. The number of carbonyl (C=O) groups excluding carboxylic acids is 2. The van der Waals surface area contributed by atoms with Crippen molar-refractivity contribution in [2.75, 3.05) is 19.6 Å². The van der Waals surface area contributed by atoms with Crippen LogP contribution in [0.2, 0.25) is 0 Å². The minimum Gasteiger partial charge on any atom is -0.356 e. The van der Waals surface area contributed by atoms with Gasteiger partial charge in [-0.2, -0.15) is 0 Å². The smallest absolute Gasteiger partial charge is 0.241 e. The number of likely N-dealkylation sites (N-methyl/N-ethyl adjacent to an activating group) is 1. The van der Waals surface area contributed by atoms with Gasteiger partial charge in [-0.3, -0.25) is 20.0 Å². The van der Waals surface area contributed by atoms with Gasteiger partial charge in [-0.25, -0.2) is 5.01 Å². The number of nitrogens with zero attached hydrogens (tertiary/aromatic N) is 3. The zero-order chi connectivity index (χ0) is 18.8. The summed E-state index contributed by atoms with van der Waals surface area (Å²) in [7, 11) is 0. The molecule has 0 bridgehead atoms. The Morgan fingerprint density at radius 1 is 1.26 bits per heavy atom. The third-order valence-electron chi connectivity index (χ3n) is 6.33. The molecule has 7 nitrogen and oxygen atoms in total. The third kappa shape index (κ3) is 3.58. The average Bonchev–Trinajstić information content (AvgIpc) is 3.19. The molecule has 1 saturated carbocycles. The van der Waals surface area contributed by atoms with Crippen LogP contribution >= 0.6 is 0 Å². The maximum atomic E-state index is 12.8. The molecular formula is C20H29N5O2. The molecule has 4 atom stereocenters. The Morgan fingerprint density at radius 2 is 2.07 bits per heavy atom. The van der Waals surface area contributed by atoms with E-state index in [1.807, 2.05) is 24.0 Å². The summed E-state index contributed by atoms with van der Waals surface area (Å²) >= 11 is 0. The van der Waals surface area contributed by atoms with Crippen molar-refractivity contribution in [1.82, 2.24) is 25.6 Å². The van der Waals surface area contributed by atoms with Crippen molar-refractivity contribution in [3.63, 3.8) is 0 Å². The summed E-state index contributed by atoms with van der Waals surface area (Å²) < 4.78 is 0. The molecule has 4 unspecified atom stereocenters. The molecule has 1 aliphatic carbocycles. The van der Waals surface area contributed by atoms with E-state index in [4.69, 9.17) is 0 Å². The molecule has 1 aromatic heterocycles. The number of amides is 2. The van der Waals surface area contributed by atoms with E-state index in [-0.39, 0.29) is 29.8 Å². The summed E-state index contributed by atoms with van der Waals surface area (Å²) in [6.45, 7) is 4.28. The van der Waals surface area contributed by atoms with Crippen molar-refractivity contribution >= 4 is 11.8 Å². The summed E-state index contributed by atoms with van der Waals surface area (Å²) in [5, 5.41) is 5.29. The minimum absolute atomic E-state index is 0.00954. The minimum atomic E-state index is -0.0167. The first-order valence-electron chi connectivity index (χ1n) is 10.2. The first kappa shape index (κ1) is 18.4. The van der Waals surface area contributed by atoms with Crippen molar-refractivity contribution < 1.29 is 9.59 Å². The quantitative estimate of drug-likeness (QED) is 0.798. The second kappa shape index (κ2) is 7.94. The van der Waals surface area contributed by atoms with Crippen LogP contribution in [0.3, 0.4) is 0 Å². The van der Waals surface area contributed by atoms with E-state index >= 15 is 0 Å². The van der Waals surface area contributed by atoms with E-state index in [1.54, 1.807) is 12.4 Å². The number of hydrogen-bond donors (Lipinski definition) is 2. The van der Waals surface area contributed by atoms with Crippen LogP contribution in [0.5, 0.6) is 0 Å². The van der Waals surface area contributed by atoms with Gasteiger partial charge >= 0.3 is 0 Å². The van der Waals surface area contributed by atoms with Crippen molar-refractivity contribution in [3.8, 4) is 0 Å². The number of hydrogen-bond acceptors (Lipinski definition) is 5. The van der Waals surface area contributed by atoms with Crippen LogP contribution in [-0.4, -0.2) is 64.5 Å². The number of fused-ring (bicyclic) bond motifs is 3. The lowest BCUT2D eigenvalue weighted by Gasteiger charge is -2.51. The molecule has 27 heavy (non-hydrogen) atoms. The molecule has 0 radical (unpaired) electrons. The molecule has 146 valence electrons. The second-order valence-electron chi connectivity index (χ2n) is 7.79. The first-order valence-corrected chi connectivity index (χ1v) is 10.2. The van der Waals surface area contributed by atoms with Gasteiger partial charge in [0.25, 0.3) is 0 Å². The fourth-order valence-corrected chi connectivity index (χ4v) is 4.97. The number of piperazine rings is 1. The number of nitrogens with one attached hydrogen (secondary N) is 2. The number of rotatable bonds is 5. The lowest BCUT2D eigenvalue weighted by molar-refractivity contribution is -0.155.